The maximum Gasteiger partial charge on any atom is 0.185 e. The highest BCUT2D eigenvalue weighted by molar-refractivity contribution is 5.96. The third kappa shape index (κ3) is 1.42. The highest BCUT2D eigenvalue weighted by Gasteiger charge is 2.67. The summed E-state index contributed by atoms with van der Waals surface area (Å²) in [6.45, 7) is 6.59. The second-order valence-corrected chi connectivity index (χ2v) is 8.07. The van der Waals surface area contributed by atoms with E-state index in [4.69, 9.17) is 0 Å². The van der Waals surface area contributed by atoms with Crippen molar-refractivity contribution < 1.29 is 4.79 Å². The van der Waals surface area contributed by atoms with Gasteiger partial charge in [0.2, 0.25) is 0 Å². The van der Waals surface area contributed by atoms with E-state index in [1.165, 1.54) is 0 Å². The topological polar surface area (TPSA) is 60.2 Å². The van der Waals surface area contributed by atoms with Crippen LogP contribution >= 0.6 is 0 Å². The first kappa shape index (κ1) is 14.1. The summed E-state index contributed by atoms with van der Waals surface area (Å²) < 4.78 is 1.78. The zero-order valence-electron chi connectivity index (χ0n) is 14.2. The molecule has 2 heterocycles. The Labute approximate surface area is 140 Å². The molecule has 2 saturated carbocycles. The predicted molar refractivity (Wildman–Crippen MR) is 90.6 cm³/mol. The lowest BCUT2D eigenvalue weighted by Gasteiger charge is -2.32. The van der Waals surface area contributed by atoms with Gasteiger partial charge in [0.15, 0.2) is 11.5 Å². The van der Waals surface area contributed by atoms with Crippen LogP contribution in [0.15, 0.2) is 30.5 Å². The summed E-state index contributed by atoms with van der Waals surface area (Å²) in [5.41, 5.74) is 0.476. The molecule has 3 atom stereocenters. The molecule has 0 radical (unpaired) electrons. The molecule has 0 spiro atoms. The van der Waals surface area contributed by atoms with Crippen LogP contribution in [0.3, 0.4) is 0 Å². The van der Waals surface area contributed by atoms with Gasteiger partial charge < -0.3 is 0 Å². The summed E-state index contributed by atoms with van der Waals surface area (Å²) in [5.74, 6) is 1.15. The van der Waals surface area contributed by atoms with Crippen molar-refractivity contribution in [3.8, 4) is 0 Å². The van der Waals surface area contributed by atoms with Gasteiger partial charge in [0.25, 0.3) is 0 Å². The Morgan fingerprint density at radius 2 is 1.96 bits per heavy atom. The number of hydrogen-bond donors (Lipinski definition) is 0. The minimum Gasteiger partial charge on any atom is -0.298 e. The molecule has 5 rings (SSSR count). The van der Waals surface area contributed by atoms with Crippen molar-refractivity contribution in [2.45, 2.75) is 39.5 Å². The molecule has 0 unspecified atom stereocenters. The second kappa shape index (κ2) is 4.21. The molecule has 0 aliphatic heterocycles. The van der Waals surface area contributed by atoms with E-state index in [1.807, 2.05) is 30.5 Å². The summed E-state index contributed by atoms with van der Waals surface area (Å²) >= 11 is 0. The zero-order chi connectivity index (χ0) is 16.7. The largest absolute Gasteiger partial charge is 0.298 e. The van der Waals surface area contributed by atoms with Gasteiger partial charge in [-0.3, -0.25) is 4.79 Å². The molecule has 5 heteroatoms. The number of nitrogens with zero attached hydrogens (tertiary/aromatic N) is 4. The molecule has 0 N–H and O–H groups in total. The third-order valence-corrected chi connectivity index (χ3v) is 6.99. The lowest BCUT2D eigenvalue weighted by atomic mass is 9.70. The fraction of sp³-hybridized carbons (Fsp3) is 0.474. The average molecular weight is 320 g/mol. The van der Waals surface area contributed by atoms with Crippen molar-refractivity contribution >= 4 is 22.2 Å². The predicted octanol–water partition coefficient (Wildman–Crippen LogP) is 3.39. The van der Waals surface area contributed by atoms with E-state index in [1.54, 1.807) is 4.52 Å². The van der Waals surface area contributed by atoms with Gasteiger partial charge in [-0.25, -0.2) is 0 Å². The lowest BCUT2D eigenvalue weighted by Crippen LogP contribution is -2.33. The van der Waals surface area contributed by atoms with E-state index in [0.717, 1.165) is 29.3 Å². The number of aromatic nitrogens is 4. The number of benzene rings is 1. The first-order valence-corrected chi connectivity index (χ1v) is 8.58. The van der Waals surface area contributed by atoms with Gasteiger partial charge in [-0.1, -0.05) is 45.0 Å². The Hall–Kier alpha value is -2.30. The Morgan fingerprint density at radius 3 is 2.71 bits per heavy atom. The van der Waals surface area contributed by atoms with Crippen LogP contribution in [0.4, 0.5) is 0 Å². The number of rotatable bonds is 1. The van der Waals surface area contributed by atoms with Crippen LogP contribution in [0.5, 0.6) is 0 Å². The molecular formula is C19H20N4O. The van der Waals surface area contributed by atoms with E-state index in [2.05, 4.69) is 36.1 Å². The van der Waals surface area contributed by atoms with Crippen LogP contribution in [-0.2, 0) is 4.79 Å². The highest BCUT2D eigenvalue weighted by Crippen LogP contribution is 2.67. The van der Waals surface area contributed by atoms with Crippen LogP contribution < -0.4 is 0 Å². The smallest absolute Gasteiger partial charge is 0.185 e. The minimum atomic E-state index is -0.259. The quantitative estimate of drug-likeness (QED) is 0.689. The van der Waals surface area contributed by atoms with Crippen molar-refractivity contribution in [1.29, 1.82) is 0 Å². The van der Waals surface area contributed by atoms with E-state index < -0.39 is 0 Å². The van der Waals surface area contributed by atoms with Gasteiger partial charge >= 0.3 is 0 Å². The van der Waals surface area contributed by atoms with Gasteiger partial charge in [-0.15, -0.1) is 10.2 Å². The summed E-state index contributed by atoms with van der Waals surface area (Å²) in [7, 11) is 0. The SMILES string of the molecule is CC1(C)[C@@H]2CC[C@@]1(C)C(=O)[C@H]2c1nnc2c3ccccc3cnn12. The van der Waals surface area contributed by atoms with Gasteiger partial charge in [0.05, 0.1) is 12.1 Å². The molecule has 5 nitrogen and oxygen atoms in total. The third-order valence-electron chi connectivity index (χ3n) is 6.99. The number of fused-ring (bicyclic) bond motifs is 5. The van der Waals surface area contributed by atoms with E-state index >= 15 is 0 Å². The lowest BCUT2D eigenvalue weighted by molar-refractivity contribution is -0.129. The van der Waals surface area contributed by atoms with E-state index in [-0.39, 0.29) is 16.7 Å². The molecule has 0 saturated heterocycles. The van der Waals surface area contributed by atoms with Gasteiger partial charge in [-0.2, -0.15) is 9.61 Å². The van der Waals surface area contributed by atoms with Crippen LogP contribution in [0.1, 0.15) is 45.4 Å². The molecule has 2 aliphatic carbocycles. The van der Waals surface area contributed by atoms with Crippen molar-refractivity contribution in [1.82, 2.24) is 19.8 Å². The number of carbonyl (C=O) groups excluding carboxylic acids is 1. The highest BCUT2D eigenvalue weighted by atomic mass is 16.1. The van der Waals surface area contributed by atoms with Crippen molar-refractivity contribution in [2.75, 3.05) is 0 Å². The molecule has 2 aliphatic rings. The summed E-state index contributed by atoms with van der Waals surface area (Å²) in [6.07, 6.45) is 3.88. The average Bonchev–Trinajstić information content (AvgIpc) is 3.14. The number of Topliss-reactive ketones (excluding diaryl/α,β-unsaturated/α-hetero) is 1. The Balaban J connectivity index is 1.74. The van der Waals surface area contributed by atoms with Crippen LogP contribution in [0, 0.1) is 16.7 Å². The molecule has 2 fully saturated rings. The maximum absolute atomic E-state index is 13.2. The molecule has 2 aromatic heterocycles. The van der Waals surface area contributed by atoms with Crippen LogP contribution in [0.25, 0.3) is 16.4 Å². The first-order valence-electron chi connectivity index (χ1n) is 8.58. The zero-order valence-corrected chi connectivity index (χ0v) is 14.2. The molecule has 3 aromatic rings. The fourth-order valence-electron chi connectivity index (χ4n) is 5.08. The van der Waals surface area contributed by atoms with Crippen molar-refractivity contribution in [3.05, 3.63) is 36.3 Å². The summed E-state index contributed by atoms with van der Waals surface area (Å²) in [5, 5.41) is 15.4. The Bertz CT molecular complexity index is 1000. The summed E-state index contributed by atoms with van der Waals surface area (Å²) in [6, 6.07) is 8.02. The monoisotopic (exact) mass is 320 g/mol. The normalized spacial score (nSPS) is 31.4. The molecule has 1 aromatic carbocycles. The van der Waals surface area contributed by atoms with Crippen molar-refractivity contribution in [3.63, 3.8) is 0 Å². The van der Waals surface area contributed by atoms with Gasteiger partial charge in [-0.05, 0) is 24.2 Å². The van der Waals surface area contributed by atoms with Gasteiger partial charge in [0.1, 0.15) is 5.78 Å². The molecule has 0 amide bonds. The molecule has 24 heavy (non-hydrogen) atoms. The molecule has 2 bridgehead atoms. The Kier molecular flexibility index (Phi) is 2.47. The first-order chi connectivity index (χ1) is 11.4. The van der Waals surface area contributed by atoms with Gasteiger partial charge in [0, 0.05) is 16.2 Å². The maximum atomic E-state index is 13.2. The summed E-state index contributed by atoms with van der Waals surface area (Å²) in [4.78, 5) is 13.2. The van der Waals surface area contributed by atoms with E-state index in [0.29, 0.717) is 17.5 Å². The minimum absolute atomic E-state index is 0.00255. The Morgan fingerprint density at radius 1 is 1.17 bits per heavy atom. The number of ketones is 1. The van der Waals surface area contributed by atoms with Crippen LogP contribution in [0.2, 0.25) is 0 Å². The molecular weight excluding hydrogens is 300 g/mol. The standard InChI is InChI=1S/C19H20N4O/c1-18(2)13-8-9-19(18,3)15(24)14(13)17-22-21-16-12-7-5-4-6-11(12)10-20-23(16)17/h4-7,10,13-14H,8-9H2,1-3H3/t13-,14+,19+/m1/s1. The molecule has 122 valence electrons. The van der Waals surface area contributed by atoms with Crippen molar-refractivity contribution in [2.24, 2.45) is 16.7 Å². The van der Waals surface area contributed by atoms with E-state index in [9.17, 15) is 4.79 Å². The van der Waals surface area contributed by atoms with Crippen LogP contribution in [-0.4, -0.2) is 25.6 Å². The second-order valence-electron chi connectivity index (χ2n) is 8.07. The fourth-order valence-corrected chi connectivity index (χ4v) is 5.08. The number of carbonyl (C=O) groups is 1. The number of hydrogen-bond acceptors (Lipinski definition) is 4.